The van der Waals surface area contributed by atoms with Gasteiger partial charge in [-0.2, -0.15) is 13.4 Å². The van der Waals surface area contributed by atoms with Gasteiger partial charge in [-0.3, -0.25) is 4.55 Å². The molecule has 12 heteroatoms. The molecule has 0 radical (unpaired) electrons. The van der Waals surface area contributed by atoms with E-state index >= 15 is 0 Å². The van der Waals surface area contributed by atoms with E-state index in [-0.39, 0.29) is 17.5 Å². The molecule has 0 spiro atoms. The van der Waals surface area contributed by atoms with Crippen LogP contribution in [0, 0.1) is 0 Å². The number of nitrogens with zero attached hydrogens (tertiary/aromatic N) is 5. The van der Waals surface area contributed by atoms with Crippen molar-refractivity contribution in [2.45, 2.75) is 20.3 Å². The molecule has 0 atom stereocenters. The number of aromatic nitrogens is 2. The highest BCUT2D eigenvalue weighted by Crippen LogP contribution is 2.34. The van der Waals surface area contributed by atoms with Gasteiger partial charge in [0.25, 0.3) is 10.1 Å². The number of rotatable bonds is 4. The Bertz CT molecular complexity index is 944. The molecule has 0 aliphatic carbocycles. The number of nitrogen functional groups attached to an aromatic ring is 2. The molecule has 5 N–H and O–H groups in total. The van der Waals surface area contributed by atoms with Crippen LogP contribution in [0.5, 0.6) is 0 Å². The highest BCUT2D eigenvalue weighted by Gasteiger charge is 2.13. The zero-order valence-electron chi connectivity index (χ0n) is 14.1. The van der Waals surface area contributed by atoms with E-state index in [1.807, 2.05) is 6.92 Å². The molecule has 0 saturated heterocycles. The fourth-order valence-electron chi connectivity index (χ4n) is 1.91. The second kappa shape index (κ2) is 9.20. The molecule has 0 bridgehead atoms. The van der Waals surface area contributed by atoms with Gasteiger partial charge in [0, 0.05) is 10.5 Å². The Kier molecular flexibility index (Phi) is 7.59. The van der Waals surface area contributed by atoms with Crippen molar-refractivity contribution in [1.82, 2.24) is 9.97 Å². The topological polar surface area (TPSA) is 181 Å². The number of nitrogens with two attached hydrogens (primary N) is 2. The van der Waals surface area contributed by atoms with Crippen LogP contribution < -0.4 is 11.5 Å². The fraction of sp³-hybridized carbons (Fsp3) is 0.286. The maximum absolute atomic E-state index is 9.56. The van der Waals surface area contributed by atoms with Gasteiger partial charge in [-0.25, -0.2) is 4.98 Å². The molecule has 1 aromatic heterocycles. The minimum atomic E-state index is -3.66. The lowest BCUT2D eigenvalue weighted by Crippen LogP contribution is -2.06. The standard InChI is InChI=1S/C12H12ClN7.C2H6O3S/c1-2-8-10(11(14)18-12(15)17-8)6-3-4-7(13)9(5-6)19-20-16;1-2-6(3,4)5/h3-5H,2H2,1H3,(H4,14,15,17,18);2H2,1H3,(H,3,4,5). The van der Waals surface area contributed by atoms with Crippen LogP contribution in [0.3, 0.4) is 0 Å². The number of halogens is 1. The summed E-state index contributed by atoms with van der Waals surface area (Å²) in [6, 6.07) is 5.05. The van der Waals surface area contributed by atoms with Crippen LogP contribution in [0.15, 0.2) is 23.3 Å². The molecule has 2 rings (SSSR count). The summed E-state index contributed by atoms with van der Waals surface area (Å²) >= 11 is 5.95. The SMILES string of the molecule is CCS(=O)(=O)O.CCc1nc(N)nc(N)c1-c1ccc(Cl)c(N=[N+]=[N-])c1. The van der Waals surface area contributed by atoms with E-state index in [0.29, 0.717) is 22.7 Å². The van der Waals surface area contributed by atoms with E-state index in [1.54, 1.807) is 18.2 Å². The summed E-state index contributed by atoms with van der Waals surface area (Å²) in [5.41, 5.74) is 22.5. The minimum absolute atomic E-state index is 0.132. The van der Waals surface area contributed by atoms with Crippen molar-refractivity contribution < 1.29 is 13.0 Å². The van der Waals surface area contributed by atoms with Crippen molar-refractivity contribution in [2.24, 2.45) is 5.11 Å². The van der Waals surface area contributed by atoms with Crippen LogP contribution in [-0.2, 0) is 16.5 Å². The monoisotopic (exact) mass is 399 g/mol. The third kappa shape index (κ3) is 6.05. The molecule has 0 aliphatic heterocycles. The summed E-state index contributed by atoms with van der Waals surface area (Å²) in [7, 11) is -3.66. The number of benzene rings is 1. The molecule has 2 aromatic rings. The second-order valence-electron chi connectivity index (χ2n) is 4.87. The predicted octanol–water partition coefficient (Wildman–Crippen LogP) is 3.36. The number of anilines is 2. The zero-order valence-corrected chi connectivity index (χ0v) is 15.7. The average molecular weight is 400 g/mol. The van der Waals surface area contributed by atoms with Gasteiger partial charge < -0.3 is 11.5 Å². The minimum Gasteiger partial charge on any atom is -0.383 e. The Balaban J connectivity index is 0.000000487. The lowest BCUT2D eigenvalue weighted by molar-refractivity contribution is 0.484. The quantitative estimate of drug-likeness (QED) is 0.304. The first-order valence-corrected chi connectivity index (χ1v) is 9.33. The fourth-order valence-corrected chi connectivity index (χ4v) is 2.06. The van der Waals surface area contributed by atoms with Crippen LogP contribution in [0.4, 0.5) is 17.5 Å². The predicted molar refractivity (Wildman–Crippen MR) is 102 cm³/mol. The van der Waals surface area contributed by atoms with Gasteiger partial charge in [-0.1, -0.05) is 29.7 Å². The van der Waals surface area contributed by atoms with Gasteiger partial charge in [0.15, 0.2) is 0 Å². The summed E-state index contributed by atoms with van der Waals surface area (Å²) in [4.78, 5) is 10.9. The Labute approximate surface area is 155 Å². The van der Waals surface area contributed by atoms with Crippen LogP contribution >= 0.6 is 11.6 Å². The summed E-state index contributed by atoms with van der Waals surface area (Å²) in [5, 5.41) is 3.90. The molecule has 26 heavy (non-hydrogen) atoms. The van der Waals surface area contributed by atoms with Crippen molar-refractivity contribution in [1.29, 1.82) is 0 Å². The molecule has 140 valence electrons. The molecular formula is C14H18ClN7O3S. The third-order valence-corrected chi connectivity index (χ3v) is 4.17. The molecule has 1 heterocycles. The molecular weight excluding hydrogens is 382 g/mol. The van der Waals surface area contributed by atoms with Crippen molar-refractivity contribution in [3.8, 4) is 11.1 Å². The van der Waals surface area contributed by atoms with Crippen molar-refractivity contribution >= 4 is 39.2 Å². The smallest absolute Gasteiger partial charge is 0.264 e. The zero-order chi connectivity index (χ0) is 19.9. The molecule has 1 aromatic carbocycles. The van der Waals surface area contributed by atoms with Gasteiger partial charge in [-0.05, 0) is 36.6 Å². The van der Waals surface area contributed by atoms with Gasteiger partial charge >= 0.3 is 0 Å². The Morgan fingerprint density at radius 2 is 1.92 bits per heavy atom. The Morgan fingerprint density at radius 3 is 2.42 bits per heavy atom. The first-order chi connectivity index (χ1) is 12.1. The largest absolute Gasteiger partial charge is 0.383 e. The van der Waals surface area contributed by atoms with E-state index in [9.17, 15) is 8.42 Å². The normalized spacial score (nSPS) is 10.5. The molecule has 10 nitrogen and oxygen atoms in total. The Hall–Kier alpha value is -2.59. The third-order valence-electron chi connectivity index (χ3n) is 3.12. The summed E-state index contributed by atoms with van der Waals surface area (Å²) in [6.45, 7) is 3.31. The number of hydrogen-bond donors (Lipinski definition) is 3. The van der Waals surface area contributed by atoms with E-state index in [0.717, 1.165) is 11.3 Å². The first-order valence-electron chi connectivity index (χ1n) is 7.34. The summed E-state index contributed by atoms with van der Waals surface area (Å²) < 4.78 is 26.9. The number of hydrogen-bond acceptors (Lipinski definition) is 7. The maximum atomic E-state index is 9.56. The maximum Gasteiger partial charge on any atom is 0.264 e. The number of aryl methyl sites for hydroxylation is 1. The van der Waals surface area contributed by atoms with Crippen LogP contribution in [0.2, 0.25) is 5.02 Å². The molecule has 0 fully saturated rings. The summed E-state index contributed by atoms with van der Waals surface area (Å²) in [6.07, 6.45) is 0.645. The van der Waals surface area contributed by atoms with E-state index in [1.165, 1.54) is 6.92 Å². The van der Waals surface area contributed by atoms with E-state index < -0.39 is 10.1 Å². The first kappa shape index (κ1) is 21.5. The van der Waals surface area contributed by atoms with E-state index in [2.05, 4.69) is 20.0 Å². The van der Waals surface area contributed by atoms with Crippen molar-refractivity contribution in [3.05, 3.63) is 39.4 Å². The number of azide groups is 1. The van der Waals surface area contributed by atoms with Crippen LogP contribution in [-0.4, -0.2) is 28.7 Å². The van der Waals surface area contributed by atoms with Gasteiger partial charge in [0.05, 0.1) is 22.2 Å². The van der Waals surface area contributed by atoms with Crippen LogP contribution in [0.25, 0.3) is 21.6 Å². The average Bonchev–Trinajstić information content (AvgIpc) is 2.56. The van der Waals surface area contributed by atoms with Crippen molar-refractivity contribution in [3.63, 3.8) is 0 Å². The van der Waals surface area contributed by atoms with Crippen molar-refractivity contribution in [2.75, 3.05) is 17.2 Å². The highest BCUT2D eigenvalue weighted by atomic mass is 35.5. The highest BCUT2D eigenvalue weighted by molar-refractivity contribution is 7.85. The molecule has 0 aliphatic rings. The molecule has 0 unspecified atom stereocenters. The molecule has 0 saturated carbocycles. The van der Waals surface area contributed by atoms with Gasteiger partial charge in [0.1, 0.15) is 5.82 Å². The van der Waals surface area contributed by atoms with Gasteiger partial charge in [0.2, 0.25) is 5.95 Å². The summed E-state index contributed by atoms with van der Waals surface area (Å²) in [5.74, 6) is 0.211. The molecule has 0 amide bonds. The van der Waals surface area contributed by atoms with Crippen LogP contribution in [0.1, 0.15) is 19.5 Å². The second-order valence-corrected chi connectivity index (χ2v) is 7.02. The Morgan fingerprint density at radius 1 is 1.31 bits per heavy atom. The lowest BCUT2D eigenvalue weighted by Gasteiger charge is -2.11. The van der Waals surface area contributed by atoms with E-state index in [4.69, 9.17) is 33.2 Å². The lowest BCUT2D eigenvalue weighted by atomic mass is 10.0. The van der Waals surface area contributed by atoms with Gasteiger partial charge in [-0.15, -0.1) is 0 Å².